The molecule has 4 aromatic rings. The number of aliphatic hydroxyl groups excluding tert-OH is 3. The lowest BCUT2D eigenvalue weighted by molar-refractivity contribution is -0.0511. The summed E-state index contributed by atoms with van der Waals surface area (Å²) in [6, 6.07) is 20.3. The van der Waals surface area contributed by atoms with E-state index in [-0.39, 0.29) is 11.2 Å². The van der Waals surface area contributed by atoms with Crippen molar-refractivity contribution in [1.82, 2.24) is 19.5 Å². The van der Waals surface area contributed by atoms with Crippen molar-refractivity contribution in [3.63, 3.8) is 0 Å². The van der Waals surface area contributed by atoms with Crippen LogP contribution in [0.1, 0.15) is 23.3 Å². The summed E-state index contributed by atoms with van der Waals surface area (Å²) >= 11 is 6.23. The molecular weight excluding hydrogens is 458 g/mol. The summed E-state index contributed by atoms with van der Waals surface area (Å²) in [5.41, 5.74) is 3.08. The van der Waals surface area contributed by atoms with Crippen LogP contribution >= 0.6 is 11.6 Å². The highest BCUT2D eigenvalue weighted by Gasteiger charge is 2.44. The highest BCUT2D eigenvalue weighted by Crippen LogP contribution is 2.33. The molecule has 0 aliphatic carbocycles. The Bertz CT molecular complexity index is 1220. The van der Waals surface area contributed by atoms with Crippen LogP contribution < -0.4 is 5.32 Å². The van der Waals surface area contributed by atoms with Gasteiger partial charge in [0.1, 0.15) is 18.3 Å². The molecule has 1 saturated heterocycles. The minimum absolute atomic E-state index is 0.000495. The van der Waals surface area contributed by atoms with Gasteiger partial charge in [-0.15, -0.1) is 0 Å². The molecule has 1 unspecified atom stereocenters. The first-order valence-electron chi connectivity index (χ1n) is 10.9. The quantitative estimate of drug-likeness (QED) is 0.296. The molecule has 9 nitrogen and oxygen atoms in total. The number of ether oxygens (including phenoxy) is 1. The Morgan fingerprint density at radius 2 is 1.62 bits per heavy atom. The highest BCUT2D eigenvalue weighted by atomic mass is 35.5. The summed E-state index contributed by atoms with van der Waals surface area (Å²) in [6.45, 7) is 0.0987. The van der Waals surface area contributed by atoms with Gasteiger partial charge in [0.05, 0.1) is 12.9 Å². The molecule has 0 amide bonds. The second-order valence-corrected chi connectivity index (χ2v) is 8.49. The lowest BCUT2D eigenvalue weighted by Crippen LogP contribution is -2.33. The molecule has 176 valence electrons. The number of nitrogens with one attached hydrogen (secondary N) is 1. The van der Waals surface area contributed by atoms with Crippen molar-refractivity contribution in [2.75, 3.05) is 18.5 Å². The van der Waals surface area contributed by atoms with E-state index in [1.807, 2.05) is 36.4 Å². The van der Waals surface area contributed by atoms with Gasteiger partial charge in [-0.05, 0) is 22.7 Å². The number of nitrogens with zero attached hydrogens (tertiary/aromatic N) is 4. The number of imidazole rings is 1. The average Bonchev–Trinajstić information content (AvgIpc) is 3.41. The van der Waals surface area contributed by atoms with Crippen molar-refractivity contribution in [3.8, 4) is 0 Å². The molecule has 5 rings (SSSR count). The largest absolute Gasteiger partial charge is 0.394 e. The van der Waals surface area contributed by atoms with Gasteiger partial charge >= 0.3 is 0 Å². The smallest absolute Gasteiger partial charge is 0.226 e. The summed E-state index contributed by atoms with van der Waals surface area (Å²) in [5, 5.41) is 33.3. The molecule has 2 aromatic heterocycles. The topological polar surface area (TPSA) is 126 Å². The fourth-order valence-electron chi connectivity index (χ4n) is 4.31. The van der Waals surface area contributed by atoms with E-state index in [1.54, 1.807) is 0 Å². The minimum atomic E-state index is -1.26. The van der Waals surface area contributed by atoms with Gasteiger partial charge in [0.25, 0.3) is 0 Å². The second kappa shape index (κ2) is 9.65. The maximum absolute atomic E-state index is 10.4. The Hall–Kier alpha value is -3.08. The van der Waals surface area contributed by atoms with E-state index in [2.05, 4.69) is 44.5 Å². The van der Waals surface area contributed by atoms with Crippen LogP contribution in [-0.4, -0.2) is 66.3 Å². The van der Waals surface area contributed by atoms with E-state index in [9.17, 15) is 15.3 Å². The highest BCUT2D eigenvalue weighted by molar-refractivity contribution is 6.28. The van der Waals surface area contributed by atoms with Gasteiger partial charge in [-0.25, -0.2) is 4.98 Å². The Kier molecular flexibility index (Phi) is 6.44. The van der Waals surface area contributed by atoms with Crippen molar-refractivity contribution in [2.45, 2.75) is 30.5 Å². The summed E-state index contributed by atoms with van der Waals surface area (Å²) < 4.78 is 7.12. The molecule has 0 spiro atoms. The van der Waals surface area contributed by atoms with E-state index in [0.29, 0.717) is 23.5 Å². The fourth-order valence-corrected chi connectivity index (χ4v) is 4.47. The number of aromatic nitrogens is 4. The predicted molar refractivity (Wildman–Crippen MR) is 127 cm³/mol. The van der Waals surface area contributed by atoms with Crippen LogP contribution in [0.4, 0.5) is 5.82 Å². The zero-order chi connectivity index (χ0) is 23.7. The average molecular weight is 482 g/mol. The lowest BCUT2D eigenvalue weighted by Gasteiger charge is -2.19. The molecule has 2 aromatic carbocycles. The number of benzene rings is 2. The van der Waals surface area contributed by atoms with Crippen molar-refractivity contribution >= 4 is 28.6 Å². The summed E-state index contributed by atoms with van der Waals surface area (Å²) in [4.78, 5) is 13.0. The molecular formula is C24H24ClN5O4. The third-order valence-electron chi connectivity index (χ3n) is 6.06. The molecule has 4 atom stereocenters. The van der Waals surface area contributed by atoms with Crippen LogP contribution in [0, 0.1) is 0 Å². The van der Waals surface area contributed by atoms with Gasteiger partial charge in [-0.2, -0.15) is 9.97 Å². The van der Waals surface area contributed by atoms with Gasteiger partial charge in [0.2, 0.25) is 5.28 Å². The van der Waals surface area contributed by atoms with Gasteiger partial charge in [-0.3, -0.25) is 4.57 Å². The van der Waals surface area contributed by atoms with E-state index < -0.39 is 31.1 Å². The van der Waals surface area contributed by atoms with Gasteiger partial charge < -0.3 is 25.4 Å². The molecule has 0 bridgehead atoms. The maximum atomic E-state index is 10.4. The van der Waals surface area contributed by atoms with Crippen molar-refractivity contribution in [3.05, 3.63) is 83.4 Å². The van der Waals surface area contributed by atoms with Crippen LogP contribution in [0.2, 0.25) is 5.28 Å². The maximum Gasteiger partial charge on any atom is 0.226 e. The SMILES string of the molecule is OCC1O[C@@H](n2cnc3c(NCC(c4ccccc4)c4ccccc4)nc(Cl)nc32)[C@H](O)[C@@H]1O. The van der Waals surface area contributed by atoms with Crippen molar-refractivity contribution < 1.29 is 20.1 Å². The number of hydrogen-bond donors (Lipinski definition) is 4. The van der Waals surface area contributed by atoms with E-state index in [1.165, 1.54) is 10.9 Å². The Morgan fingerprint density at radius 3 is 2.21 bits per heavy atom. The fraction of sp³-hybridized carbons (Fsp3) is 0.292. The third kappa shape index (κ3) is 4.24. The molecule has 1 aliphatic rings. The molecule has 0 radical (unpaired) electrons. The number of anilines is 1. The summed E-state index contributed by atoms with van der Waals surface area (Å²) in [5.74, 6) is 0.492. The third-order valence-corrected chi connectivity index (χ3v) is 6.23. The minimum Gasteiger partial charge on any atom is -0.394 e. The first kappa shape index (κ1) is 22.7. The van der Waals surface area contributed by atoms with Crippen LogP contribution in [0.5, 0.6) is 0 Å². The van der Waals surface area contributed by atoms with Crippen molar-refractivity contribution in [2.24, 2.45) is 0 Å². The standard InChI is InChI=1S/C24H24ClN5O4/c25-24-28-21(26-11-16(14-7-3-1-4-8-14)15-9-5-2-6-10-15)18-22(29-24)30(13-27-18)23-20(33)19(32)17(12-31)34-23/h1-10,13,16-17,19-20,23,31-33H,11-12H2,(H,26,28,29)/t17?,19-,20-,23-/m1/s1. The molecule has 3 heterocycles. The number of rotatable bonds is 7. The zero-order valence-electron chi connectivity index (χ0n) is 18.1. The second-order valence-electron chi connectivity index (χ2n) is 8.15. The lowest BCUT2D eigenvalue weighted by atomic mass is 9.91. The number of fused-ring (bicyclic) bond motifs is 1. The molecule has 1 aliphatic heterocycles. The Balaban J connectivity index is 1.46. The number of aliphatic hydroxyl groups is 3. The van der Waals surface area contributed by atoms with Gasteiger partial charge in [-0.1, -0.05) is 60.7 Å². The monoisotopic (exact) mass is 481 g/mol. The number of halogens is 1. The van der Waals surface area contributed by atoms with E-state index >= 15 is 0 Å². The Labute approximate surface area is 200 Å². The summed E-state index contributed by atoms with van der Waals surface area (Å²) in [7, 11) is 0. The molecule has 0 saturated carbocycles. The van der Waals surface area contributed by atoms with E-state index in [4.69, 9.17) is 16.3 Å². The Morgan fingerprint density at radius 1 is 0.971 bits per heavy atom. The molecule has 10 heteroatoms. The first-order chi connectivity index (χ1) is 16.6. The van der Waals surface area contributed by atoms with Crippen LogP contribution in [0.15, 0.2) is 67.0 Å². The molecule has 34 heavy (non-hydrogen) atoms. The van der Waals surface area contributed by atoms with Crippen LogP contribution in [0.25, 0.3) is 11.2 Å². The molecule has 1 fully saturated rings. The number of hydrogen-bond acceptors (Lipinski definition) is 8. The van der Waals surface area contributed by atoms with Crippen LogP contribution in [0.3, 0.4) is 0 Å². The molecule has 4 N–H and O–H groups in total. The normalized spacial score (nSPS) is 22.5. The zero-order valence-corrected chi connectivity index (χ0v) is 18.8. The van der Waals surface area contributed by atoms with E-state index in [0.717, 1.165) is 11.1 Å². The van der Waals surface area contributed by atoms with Crippen molar-refractivity contribution in [1.29, 1.82) is 0 Å². The first-order valence-corrected chi connectivity index (χ1v) is 11.3. The predicted octanol–water partition coefficient (Wildman–Crippen LogP) is 2.34. The van der Waals surface area contributed by atoms with Crippen LogP contribution in [-0.2, 0) is 4.74 Å². The van der Waals surface area contributed by atoms with Gasteiger partial charge in [0.15, 0.2) is 23.2 Å². The summed E-state index contributed by atoms with van der Waals surface area (Å²) in [6.07, 6.45) is -2.94. The van der Waals surface area contributed by atoms with Gasteiger partial charge in [0, 0.05) is 12.5 Å².